The quantitative estimate of drug-likeness (QED) is 0.689. The Bertz CT molecular complexity index is 308. The van der Waals surface area contributed by atoms with Gasteiger partial charge in [0.15, 0.2) is 5.67 Å². The average molecular weight is 181 g/mol. The highest BCUT2D eigenvalue weighted by Gasteiger charge is 2.37. The van der Waals surface area contributed by atoms with Crippen molar-refractivity contribution < 1.29 is 9.50 Å². The van der Waals surface area contributed by atoms with Gasteiger partial charge in [0.25, 0.3) is 0 Å². The van der Waals surface area contributed by atoms with Crippen LogP contribution in [0.3, 0.4) is 0 Å². The number of para-hydroxylation sites is 1. The molecular weight excluding hydrogens is 169 g/mol. The van der Waals surface area contributed by atoms with Gasteiger partial charge in [-0.3, -0.25) is 0 Å². The highest BCUT2D eigenvalue weighted by atomic mass is 19.1. The number of aromatic hydroxyl groups is 1. The molecular formula is C10H12FNO. The lowest BCUT2D eigenvalue weighted by Gasteiger charge is -2.19. The molecule has 1 atom stereocenters. The van der Waals surface area contributed by atoms with Crippen LogP contribution in [0.25, 0.3) is 0 Å². The van der Waals surface area contributed by atoms with E-state index in [-0.39, 0.29) is 5.75 Å². The molecule has 1 unspecified atom stereocenters. The smallest absolute Gasteiger partial charge is 0.153 e. The SMILES string of the molecule is Oc1ccccc1C1(F)CCNC1. The molecule has 0 amide bonds. The number of hydrogen-bond donors (Lipinski definition) is 2. The predicted molar refractivity (Wildman–Crippen MR) is 48.4 cm³/mol. The summed E-state index contributed by atoms with van der Waals surface area (Å²) in [6.45, 7) is 0.968. The molecule has 1 aromatic carbocycles. The predicted octanol–water partition coefficient (Wildman–Crippen LogP) is 1.55. The van der Waals surface area contributed by atoms with Crippen LogP contribution in [0.1, 0.15) is 12.0 Å². The molecule has 13 heavy (non-hydrogen) atoms. The summed E-state index contributed by atoms with van der Waals surface area (Å²) in [5, 5.41) is 12.4. The van der Waals surface area contributed by atoms with Crippen LogP contribution in [0.15, 0.2) is 24.3 Å². The Morgan fingerprint density at radius 2 is 2.15 bits per heavy atom. The molecule has 1 aliphatic heterocycles. The molecule has 3 heteroatoms. The third-order valence-corrected chi connectivity index (χ3v) is 2.49. The van der Waals surface area contributed by atoms with Crippen molar-refractivity contribution >= 4 is 0 Å². The first-order chi connectivity index (χ1) is 6.22. The lowest BCUT2D eigenvalue weighted by atomic mass is 9.94. The van der Waals surface area contributed by atoms with Gasteiger partial charge in [-0.05, 0) is 19.0 Å². The fourth-order valence-corrected chi connectivity index (χ4v) is 1.74. The van der Waals surface area contributed by atoms with E-state index in [1.807, 2.05) is 0 Å². The standard InChI is InChI=1S/C10H12FNO/c11-10(5-6-12-7-10)8-3-1-2-4-9(8)13/h1-4,12-13H,5-7H2. The Morgan fingerprint density at radius 1 is 1.38 bits per heavy atom. The van der Waals surface area contributed by atoms with Crippen molar-refractivity contribution in [3.63, 3.8) is 0 Å². The van der Waals surface area contributed by atoms with E-state index in [0.717, 1.165) is 0 Å². The van der Waals surface area contributed by atoms with Crippen LogP contribution in [0, 0.1) is 0 Å². The molecule has 0 saturated carbocycles. The van der Waals surface area contributed by atoms with Crippen molar-refractivity contribution in [1.29, 1.82) is 0 Å². The highest BCUT2D eigenvalue weighted by molar-refractivity contribution is 5.37. The lowest BCUT2D eigenvalue weighted by molar-refractivity contribution is 0.187. The van der Waals surface area contributed by atoms with Crippen LogP contribution in [-0.4, -0.2) is 18.2 Å². The van der Waals surface area contributed by atoms with E-state index in [1.165, 1.54) is 6.07 Å². The van der Waals surface area contributed by atoms with Gasteiger partial charge in [-0.1, -0.05) is 18.2 Å². The Hall–Kier alpha value is -1.09. The summed E-state index contributed by atoms with van der Waals surface area (Å²) in [6, 6.07) is 6.61. The summed E-state index contributed by atoms with van der Waals surface area (Å²) in [4.78, 5) is 0. The molecule has 1 aliphatic rings. The van der Waals surface area contributed by atoms with E-state index in [1.54, 1.807) is 18.2 Å². The third-order valence-electron chi connectivity index (χ3n) is 2.49. The zero-order valence-corrected chi connectivity index (χ0v) is 7.26. The molecule has 1 aromatic rings. The zero-order valence-electron chi connectivity index (χ0n) is 7.26. The minimum absolute atomic E-state index is 0.0497. The van der Waals surface area contributed by atoms with Crippen molar-refractivity contribution in [2.45, 2.75) is 12.1 Å². The summed E-state index contributed by atoms with van der Waals surface area (Å²) in [7, 11) is 0. The van der Waals surface area contributed by atoms with Gasteiger partial charge in [0.05, 0.1) is 0 Å². The Kier molecular flexibility index (Phi) is 1.96. The average Bonchev–Trinajstić information content (AvgIpc) is 2.54. The first-order valence-electron chi connectivity index (χ1n) is 4.40. The minimum Gasteiger partial charge on any atom is -0.508 e. The summed E-state index contributed by atoms with van der Waals surface area (Å²) < 4.78 is 14.1. The second kappa shape index (κ2) is 3.00. The first-order valence-corrected chi connectivity index (χ1v) is 4.40. The van der Waals surface area contributed by atoms with Crippen LogP contribution in [0.4, 0.5) is 4.39 Å². The fraction of sp³-hybridized carbons (Fsp3) is 0.400. The summed E-state index contributed by atoms with van der Waals surface area (Å²) in [6.07, 6.45) is 0.435. The molecule has 70 valence electrons. The topological polar surface area (TPSA) is 32.3 Å². The van der Waals surface area contributed by atoms with Gasteiger partial charge in [-0.2, -0.15) is 0 Å². The van der Waals surface area contributed by atoms with Crippen LogP contribution < -0.4 is 5.32 Å². The van der Waals surface area contributed by atoms with Gasteiger partial charge < -0.3 is 10.4 Å². The van der Waals surface area contributed by atoms with E-state index < -0.39 is 5.67 Å². The monoisotopic (exact) mass is 181 g/mol. The second-order valence-electron chi connectivity index (χ2n) is 3.41. The zero-order chi connectivity index (χ0) is 9.31. The van der Waals surface area contributed by atoms with Crippen LogP contribution in [0.5, 0.6) is 5.75 Å². The molecule has 0 aliphatic carbocycles. The number of halogens is 1. The molecule has 1 heterocycles. The molecule has 1 fully saturated rings. The van der Waals surface area contributed by atoms with E-state index in [4.69, 9.17) is 0 Å². The fourth-order valence-electron chi connectivity index (χ4n) is 1.74. The molecule has 0 radical (unpaired) electrons. The van der Waals surface area contributed by atoms with Crippen molar-refractivity contribution in [2.75, 3.05) is 13.1 Å². The molecule has 2 nitrogen and oxygen atoms in total. The number of rotatable bonds is 1. The van der Waals surface area contributed by atoms with Gasteiger partial charge in [0.1, 0.15) is 5.75 Å². The van der Waals surface area contributed by atoms with Crippen molar-refractivity contribution in [1.82, 2.24) is 5.32 Å². The van der Waals surface area contributed by atoms with Gasteiger partial charge in [0.2, 0.25) is 0 Å². The maximum absolute atomic E-state index is 14.1. The van der Waals surface area contributed by atoms with Gasteiger partial charge in [-0.25, -0.2) is 4.39 Å². The van der Waals surface area contributed by atoms with Gasteiger partial charge in [0, 0.05) is 12.1 Å². The Morgan fingerprint density at radius 3 is 2.77 bits per heavy atom. The largest absolute Gasteiger partial charge is 0.508 e. The van der Waals surface area contributed by atoms with Crippen LogP contribution in [0.2, 0.25) is 0 Å². The highest BCUT2D eigenvalue weighted by Crippen LogP contribution is 2.36. The van der Waals surface area contributed by atoms with Crippen LogP contribution >= 0.6 is 0 Å². The normalized spacial score (nSPS) is 27.8. The number of phenolic OH excluding ortho intramolecular Hbond substituents is 1. The summed E-state index contributed by atoms with van der Waals surface area (Å²) in [5.41, 5.74) is -0.981. The van der Waals surface area contributed by atoms with E-state index >= 15 is 0 Å². The summed E-state index contributed by atoms with van der Waals surface area (Å²) in [5.74, 6) is 0.0497. The number of phenols is 1. The number of nitrogens with one attached hydrogen (secondary N) is 1. The van der Waals surface area contributed by atoms with Gasteiger partial charge in [-0.15, -0.1) is 0 Å². The second-order valence-corrected chi connectivity index (χ2v) is 3.41. The molecule has 0 aromatic heterocycles. The maximum atomic E-state index is 14.1. The number of benzene rings is 1. The molecule has 0 bridgehead atoms. The van der Waals surface area contributed by atoms with E-state index in [2.05, 4.69) is 5.32 Å². The van der Waals surface area contributed by atoms with Crippen LogP contribution in [-0.2, 0) is 5.67 Å². The molecule has 1 saturated heterocycles. The maximum Gasteiger partial charge on any atom is 0.153 e. The van der Waals surface area contributed by atoms with Crippen molar-refractivity contribution in [3.8, 4) is 5.75 Å². The number of alkyl halides is 1. The summed E-state index contributed by atoms with van der Waals surface area (Å²) >= 11 is 0. The molecule has 2 N–H and O–H groups in total. The van der Waals surface area contributed by atoms with E-state index in [0.29, 0.717) is 25.1 Å². The molecule has 2 rings (SSSR count). The lowest BCUT2D eigenvalue weighted by Crippen LogP contribution is -2.23. The van der Waals surface area contributed by atoms with Crippen molar-refractivity contribution in [2.24, 2.45) is 0 Å². The Labute approximate surface area is 76.4 Å². The van der Waals surface area contributed by atoms with Gasteiger partial charge >= 0.3 is 0 Å². The third kappa shape index (κ3) is 1.40. The van der Waals surface area contributed by atoms with Crippen molar-refractivity contribution in [3.05, 3.63) is 29.8 Å². The Balaban J connectivity index is 2.39. The van der Waals surface area contributed by atoms with E-state index in [9.17, 15) is 9.50 Å². The molecule has 0 spiro atoms. The minimum atomic E-state index is -1.38. The first kappa shape index (κ1) is 8.51. The number of hydrogen-bond acceptors (Lipinski definition) is 2.